The standard InChI is InChI=1S/C19H16Cl2N4O4S/c20-15-2-1-3-16(21)17(15)30(27,28)25-10-8-24(9-11-25)19(26)14-6-4-13(5-7-14)18-23-22-12-29-18/h1-7,12H,8-11H2. The lowest BCUT2D eigenvalue weighted by molar-refractivity contribution is 0.0698. The molecule has 1 aromatic heterocycles. The zero-order valence-corrected chi connectivity index (χ0v) is 17.9. The van der Waals surface area contributed by atoms with Crippen LogP contribution in [-0.2, 0) is 10.0 Å². The minimum absolute atomic E-state index is 0.0716. The van der Waals surface area contributed by atoms with Crippen LogP contribution in [0.5, 0.6) is 0 Å². The van der Waals surface area contributed by atoms with Crippen LogP contribution in [0.15, 0.2) is 58.2 Å². The van der Waals surface area contributed by atoms with Crippen molar-refractivity contribution in [1.29, 1.82) is 0 Å². The largest absolute Gasteiger partial charge is 0.423 e. The third-order valence-electron chi connectivity index (χ3n) is 4.78. The lowest BCUT2D eigenvalue weighted by atomic mass is 10.1. The minimum atomic E-state index is -3.86. The molecule has 4 rings (SSSR count). The van der Waals surface area contributed by atoms with Crippen molar-refractivity contribution in [2.24, 2.45) is 0 Å². The summed E-state index contributed by atoms with van der Waals surface area (Å²) in [5.74, 6) is 0.186. The van der Waals surface area contributed by atoms with E-state index in [1.54, 1.807) is 35.2 Å². The Labute approximate surface area is 183 Å². The molecule has 1 aliphatic heterocycles. The molecule has 0 N–H and O–H groups in total. The van der Waals surface area contributed by atoms with E-state index >= 15 is 0 Å². The smallest absolute Gasteiger partial charge is 0.253 e. The molecule has 0 saturated carbocycles. The maximum absolute atomic E-state index is 13.0. The Morgan fingerprint density at radius 1 is 0.967 bits per heavy atom. The van der Waals surface area contributed by atoms with E-state index in [0.29, 0.717) is 17.0 Å². The van der Waals surface area contributed by atoms with E-state index in [-0.39, 0.29) is 47.0 Å². The monoisotopic (exact) mass is 466 g/mol. The van der Waals surface area contributed by atoms with Crippen molar-refractivity contribution in [1.82, 2.24) is 19.4 Å². The van der Waals surface area contributed by atoms with Gasteiger partial charge < -0.3 is 9.32 Å². The average Bonchev–Trinajstić information content (AvgIpc) is 3.28. The molecule has 0 aliphatic carbocycles. The van der Waals surface area contributed by atoms with Crippen molar-refractivity contribution in [3.05, 3.63) is 64.5 Å². The molecule has 1 saturated heterocycles. The van der Waals surface area contributed by atoms with Gasteiger partial charge in [-0.15, -0.1) is 10.2 Å². The fraction of sp³-hybridized carbons (Fsp3) is 0.211. The summed E-state index contributed by atoms with van der Waals surface area (Å²) in [6, 6.07) is 11.4. The minimum Gasteiger partial charge on any atom is -0.423 e. The summed E-state index contributed by atoms with van der Waals surface area (Å²) in [5, 5.41) is 7.60. The van der Waals surface area contributed by atoms with Gasteiger partial charge in [0.05, 0.1) is 10.0 Å². The molecule has 1 fully saturated rings. The zero-order valence-electron chi connectivity index (χ0n) is 15.5. The van der Waals surface area contributed by atoms with Gasteiger partial charge in [-0.1, -0.05) is 29.3 Å². The molecular weight excluding hydrogens is 451 g/mol. The first kappa shape index (κ1) is 20.8. The molecular formula is C19H16Cl2N4O4S. The van der Waals surface area contributed by atoms with Gasteiger partial charge in [-0.25, -0.2) is 8.42 Å². The van der Waals surface area contributed by atoms with Crippen LogP contribution in [-0.4, -0.2) is 59.9 Å². The number of carbonyl (C=O) groups excluding carboxylic acids is 1. The molecule has 30 heavy (non-hydrogen) atoms. The molecule has 8 nitrogen and oxygen atoms in total. The first-order chi connectivity index (χ1) is 14.4. The number of sulfonamides is 1. The molecule has 0 spiro atoms. The average molecular weight is 467 g/mol. The predicted octanol–water partition coefficient (Wildman–Crippen LogP) is 3.19. The second-order valence-electron chi connectivity index (χ2n) is 6.57. The van der Waals surface area contributed by atoms with Gasteiger partial charge in [0, 0.05) is 37.3 Å². The normalized spacial score (nSPS) is 15.3. The fourth-order valence-corrected chi connectivity index (χ4v) is 5.74. The maximum Gasteiger partial charge on any atom is 0.253 e. The molecule has 0 radical (unpaired) electrons. The number of nitrogens with zero attached hydrogens (tertiary/aromatic N) is 4. The first-order valence-electron chi connectivity index (χ1n) is 8.98. The van der Waals surface area contributed by atoms with Crippen molar-refractivity contribution >= 4 is 39.1 Å². The van der Waals surface area contributed by atoms with Gasteiger partial charge in [0.2, 0.25) is 22.3 Å². The predicted molar refractivity (Wildman–Crippen MR) is 111 cm³/mol. The molecule has 1 aliphatic rings. The molecule has 0 bridgehead atoms. The van der Waals surface area contributed by atoms with Gasteiger partial charge in [-0.3, -0.25) is 4.79 Å². The van der Waals surface area contributed by atoms with Gasteiger partial charge >= 0.3 is 0 Å². The summed E-state index contributed by atoms with van der Waals surface area (Å²) in [4.78, 5) is 14.3. The molecule has 2 heterocycles. The highest BCUT2D eigenvalue weighted by Gasteiger charge is 2.33. The van der Waals surface area contributed by atoms with Gasteiger partial charge in [0.25, 0.3) is 5.91 Å². The quantitative estimate of drug-likeness (QED) is 0.585. The summed E-state index contributed by atoms with van der Waals surface area (Å²) >= 11 is 12.1. The lowest BCUT2D eigenvalue weighted by Gasteiger charge is -2.34. The lowest BCUT2D eigenvalue weighted by Crippen LogP contribution is -2.50. The number of aromatic nitrogens is 2. The van der Waals surface area contributed by atoms with Crippen LogP contribution in [0.25, 0.3) is 11.5 Å². The number of rotatable bonds is 4. The van der Waals surface area contributed by atoms with Crippen molar-refractivity contribution < 1.29 is 17.6 Å². The van der Waals surface area contributed by atoms with Crippen LogP contribution in [0.4, 0.5) is 0 Å². The summed E-state index contributed by atoms with van der Waals surface area (Å²) in [6.07, 6.45) is 1.23. The third-order valence-corrected chi connectivity index (χ3v) is 7.64. The highest BCUT2D eigenvalue weighted by atomic mass is 35.5. The van der Waals surface area contributed by atoms with E-state index in [1.165, 1.54) is 22.8 Å². The van der Waals surface area contributed by atoms with E-state index in [1.807, 2.05) is 0 Å². The second-order valence-corrected chi connectivity index (χ2v) is 9.26. The zero-order chi connectivity index (χ0) is 21.3. The van der Waals surface area contributed by atoms with Crippen molar-refractivity contribution in [3.63, 3.8) is 0 Å². The molecule has 1 amide bonds. The third kappa shape index (κ3) is 3.93. The molecule has 3 aromatic rings. The molecule has 0 unspecified atom stereocenters. The Bertz CT molecular complexity index is 1140. The van der Waals surface area contributed by atoms with E-state index in [4.69, 9.17) is 27.6 Å². The van der Waals surface area contributed by atoms with E-state index in [9.17, 15) is 13.2 Å². The Hall–Kier alpha value is -2.46. The molecule has 11 heteroatoms. The number of benzene rings is 2. The van der Waals surface area contributed by atoms with Crippen LogP contribution in [0.3, 0.4) is 0 Å². The SMILES string of the molecule is O=C(c1ccc(-c2nnco2)cc1)N1CCN(S(=O)(=O)c2c(Cl)cccc2Cl)CC1. The highest BCUT2D eigenvalue weighted by Crippen LogP contribution is 2.32. The van der Waals surface area contributed by atoms with Crippen LogP contribution < -0.4 is 0 Å². The van der Waals surface area contributed by atoms with Crippen molar-refractivity contribution in [2.75, 3.05) is 26.2 Å². The van der Waals surface area contributed by atoms with Gasteiger partial charge in [0.15, 0.2) is 0 Å². The summed E-state index contributed by atoms with van der Waals surface area (Å²) in [7, 11) is -3.86. The highest BCUT2D eigenvalue weighted by molar-refractivity contribution is 7.89. The van der Waals surface area contributed by atoms with E-state index < -0.39 is 10.0 Å². The Morgan fingerprint density at radius 3 is 2.17 bits per heavy atom. The van der Waals surface area contributed by atoms with Crippen molar-refractivity contribution in [2.45, 2.75) is 4.90 Å². The number of hydrogen-bond acceptors (Lipinski definition) is 6. The number of amides is 1. The number of hydrogen-bond donors (Lipinski definition) is 0. The van der Waals surface area contributed by atoms with E-state index in [0.717, 1.165) is 0 Å². The van der Waals surface area contributed by atoms with Crippen molar-refractivity contribution in [3.8, 4) is 11.5 Å². The molecule has 2 aromatic carbocycles. The van der Waals surface area contributed by atoms with Crippen LogP contribution >= 0.6 is 23.2 Å². The summed E-state index contributed by atoms with van der Waals surface area (Å²) < 4.78 is 32.3. The number of halogens is 2. The van der Waals surface area contributed by atoms with Gasteiger partial charge in [-0.2, -0.15) is 4.31 Å². The number of piperazine rings is 1. The number of carbonyl (C=O) groups is 1. The van der Waals surface area contributed by atoms with Crippen LogP contribution in [0.2, 0.25) is 10.0 Å². The van der Waals surface area contributed by atoms with E-state index in [2.05, 4.69) is 10.2 Å². The topological polar surface area (TPSA) is 96.6 Å². The summed E-state index contributed by atoms with van der Waals surface area (Å²) in [5.41, 5.74) is 1.19. The van der Waals surface area contributed by atoms with Gasteiger partial charge in [0.1, 0.15) is 4.90 Å². The summed E-state index contributed by atoms with van der Waals surface area (Å²) in [6.45, 7) is 0.808. The molecule has 0 atom stereocenters. The Kier molecular flexibility index (Phi) is 5.79. The van der Waals surface area contributed by atoms with Gasteiger partial charge in [-0.05, 0) is 36.4 Å². The fourth-order valence-electron chi connectivity index (χ4n) is 3.23. The second kappa shape index (κ2) is 8.35. The Balaban J connectivity index is 1.45. The molecule has 156 valence electrons. The first-order valence-corrected chi connectivity index (χ1v) is 11.2. The maximum atomic E-state index is 13.0. The van der Waals surface area contributed by atoms with Crippen LogP contribution in [0, 0.1) is 0 Å². The van der Waals surface area contributed by atoms with Crippen LogP contribution in [0.1, 0.15) is 10.4 Å². The Morgan fingerprint density at radius 2 is 1.60 bits per heavy atom.